The van der Waals surface area contributed by atoms with Gasteiger partial charge < -0.3 is 20.3 Å². The summed E-state index contributed by atoms with van der Waals surface area (Å²) in [5.74, 6) is 1.70. The molecule has 0 radical (unpaired) electrons. The largest absolute Gasteiger partial charge is 0.377 e. The molecule has 0 bridgehead atoms. The Labute approximate surface area is 197 Å². The fraction of sp³-hybridized carbons (Fsp3) is 0.481. The summed E-state index contributed by atoms with van der Waals surface area (Å²) >= 11 is 0. The van der Waals surface area contributed by atoms with Crippen LogP contribution in [0.15, 0.2) is 54.6 Å². The Bertz CT molecular complexity index is 986. The molecule has 0 aliphatic heterocycles. The van der Waals surface area contributed by atoms with Crippen LogP contribution in [-0.4, -0.2) is 49.3 Å². The molecule has 3 aromatic rings. The first kappa shape index (κ1) is 23.5. The molecule has 2 aromatic carbocycles. The zero-order valence-corrected chi connectivity index (χ0v) is 20.0. The average Bonchev–Trinajstić information content (AvgIpc) is 2.84. The molecule has 1 aliphatic carbocycles. The molecule has 1 saturated carbocycles. The molecule has 4 rings (SSSR count). The monoisotopic (exact) mass is 447 g/mol. The first-order chi connectivity index (χ1) is 16.2. The summed E-state index contributed by atoms with van der Waals surface area (Å²) in [4.78, 5) is 11.6. The average molecular weight is 448 g/mol. The van der Waals surface area contributed by atoms with Crippen molar-refractivity contribution in [2.75, 3.05) is 37.5 Å². The highest BCUT2D eigenvalue weighted by atomic mass is 16.5. The van der Waals surface area contributed by atoms with E-state index in [2.05, 4.69) is 51.9 Å². The van der Waals surface area contributed by atoms with Crippen LogP contribution >= 0.6 is 0 Å². The molecule has 6 heteroatoms. The number of ether oxygens (including phenoxy) is 1. The molecule has 176 valence electrons. The topological polar surface area (TPSA) is 62.3 Å². The number of aromatic nitrogens is 2. The van der Waals surface area contributed by atoms with E-state index in [1.165, 1.54) is 18.4 Å². The van der Waals surface area contributed by atoms with Crippen LogP contribution in [0.4, 0.5) is 11.8 Å². The number of nitrogens with zero attached hydrogens (tertiary/aromatic N) is 3. The second-order valence-electron chi connectivity index (χ2n) is 9.17. The van der Waals surface area contributed by atoms with E-state index in [-0.39, 0.29) is 0 Å². The standard InChI is InChI=1S/C27H37N5O/c1-32(2)26-24-12-6-7-13-25(24)30-27(31-26)29-23-16-14-22(15-17-23)28-18-8-9-19-33-20-21-10-4-3-5-11-21/h3-7,10-13,22-23,28H,8-9,14-20H2,1-2H3,(H,29,30,31). The van der Waals surface area contributed by atoms with Gasteiger partial charge >= 0.3 is 0 Å². The Morgan fingerprint density at radius 2 is 1.61 bits per heavy atom. The van der Waals surface area contributed by atoms with Crippen LogP contribution in [0.5, 0.6) is 0 Å². The number of anilines is 2. The molecule has 0 unspecified atom stereocenters. The molecule has 1 aromatic heterocycles. The van der Waals surface area contributed by atoms with Crippen LogP contribution in [0.25, 0.3) is 10.9 Å². The van der Waals surface area contributed by atoms with Gasteiger partial charge in [0.15, 0.2) is 0 Å². The second kappa shape index (κ2) is 12.0. The van der Waals surface area contributed by atoms with Crippen LogP contribution in [0.3, 0.4) is 0 Å². The number of nitrogens with one attached hydrogen (secondary N) is 2. The van der Waals surface area contributed by atoms with Crippen molar-refractivity contribution in [2.24, 2.45) is 0 Å². The van der Waals surface area contributed by atoms with Gasteiger partial charge in [-0.2, -0.15) is 4.98 Å². The Morgan fingerprint density at radius 1 is 0.879 bits per heavy atom. The van der Waals surface area contributed by atoms with E-state index in [9.17, 15) is 0 Å². The number of hydrogen-bond acceptors (Lipinski definition) is 6. The lowest BCUT2D eigenvalue weighted by atomic mass is 9.91. The number of fused-ring (bicyclic) bond motifs is 1. The summed E-state index contributed by atoms with van der Waals surface area (Å²) in [6.45, 7) is 2.60. The predicted octanol–water partition coefficient (Wildman–Crippen LogP) is 5.01. The predicted molar refractivity (Wildman–Crippen MR) is 137 cm³/mol. The van der Waals surface area contributed by atoms with Gasteiger partial charge in [-0.15, -0.1) is 0 Å². The maximum atomic E-state index is 5.78. The van der Waals surface area contributed by atoms with Crippen LogP contribution in [0.2, 0.25) is 0 Å². The van der Waals surface area contributed by atoms with Gasteiger partial charge in [-0.3, -0.25) is 0 Å². The minimum Gasteiger partial charge on any atom is -0.377 e. The zero-order valence-electron chi connectivity index (χ0n) is 20.0. The molecule has 1 aliphatic rings. The van der Waals surface area contributed by atoms with Gasteiger partial charge in [0.05, 0.1) is 12.1 Å². The fourth-order valence-corrected chi connectivity index (χ4v) is 4.49. The fourth-order valence-electron chi connectivity index (χ4n) is 4.49. The van der Waals surface area contributed by atoms with Gasteiger partial charge in [-0.05, 0) is 62.8 Å². The van der Waals surface area contributed by atoms with Gasteiger partial charge in [0.2, 0.25) is 5.95 Å². The Morgan fingerprint density at radius 3 is 2.39 bits per heavy atom. The van der Waals surface area contributed by atoms with Crippen molar-refractivity contribution in [1.29, 1.82) is 0 Å². The van der Waals surface area contributed by atoms with Crippen molar-refractivity contribution >= 4 is 22.7 Å². The Hall–Kier alpha value is -2.70. The maximum Gasteiger partial charge on any atom is 0.225 e. The highest BCUT2D eigenvalue weighted by Gasteiger charge is 2.21. The summed E-state index contributed by atoms with van der Waals surface area (Å²) in [6.07, 6.45) is 6.93. The van der Waals surface area contributed by atoms with Crippen molar-refractivity contribution in [1.82, 2.24) is 15.3 Å². The van der Waals surface area contributed by atoms with E-state index in [4.69, 9.17) is 14.7 Å². The Balaban J connectivity index is 1.14. The van der Waals surface area contributed by atoms with E-state index in [0.717, 1.165) is 61.5 Å². The van der Waals surface area contributed by atoms with Crippen molar-refractivity contribution < 1.29 is 4.74 Å². The number of hydrogen-bond donors (Lipinski definition) is 2. The summed E-state index contributed by atoms with van der Waals surface area (Å²) in [7, 11) is 4.07. The van der Waals surface area contributed by atoms with Crippen LogP contribution < -0.4 is 15.5 Å². The third-order valence-corrected chi connectivity index (χ3v) is 6.33. The molecule has 1 fully saturated rings. The van der Waals surface area contributed by atoms with Gasteiger partial charge in [-0.1, -0.05) is 42.5 Å². The van der Waals surface area contributed by atoms with Crippen molar-refractivity contribution in [3.05, 3.63) is 60.2 Å². The lowest BCUT2D eigenvalue weighted by Crippen LogP contribution is -2.37. The molecule has 1 heterocycles. The smallest absolute Gasteiger partial charge is 0.225 e. The lowest BCUT2D eigenvalue weighted by molar-refractivity contribution is 0.117. The molecule has 0 saturated heterocycles. The normalized spacial score (nSPS) is 18.4. The number of rotatable bonds is 11. The van der Waals surface area contributed by atoms with Gasteiger partial charge in [0, 0.05) is 38.2 Å². The van der Waals surface area contributed by atoms with Crippen molar-refractivity contribution in [2.45, 2.75) is 57.2 Å². The summed E-state index contributed by atoms with van der Waals surface area (Å²) in [6, 6.07) is 19.6. The van der Waals surface area contributed by atoms with Gasteiger partial charge in [-0.25, -0.2) is 4.98 Å². The molecule has 6 nitrogen and oxygen atoms in total. The molecular formula is C27H37N5O. The minimum absolute atomic E-state index is 0.436. The van der Waals surface area contributed by atoms with Crippen LogP contribution in [-0.2, 0) is 11.3 Å². The first-order valence-electron chi connectivity index (χ1n) is 12.2. The maximum absolute atomic E-state index is 5.78. The quantitative estimate of drug-likeness (QED) is 0.403. The zero-order chi connectivity index (χ0) is 22.9. The minimum atomic E-state index is 0.436. The highest BCUT2D eigenvalue weighted by molar-refractivity contribution is 5.90. The molecule has 2 N–H and O–H groups in total. The number of para-hydroxylation sites is 1. The summed E-state index contributed by atoms with van der Waals surface area (Å²) in [5, 5.41) is 8.43. The van der Waals surface area contributed by atoms with E-state index in [1.807, 2.05) is 32.3 Å². The third kappa shape index (κ3) is 6.89. The van der Waals surface area contributed by atoms with E-state index >= 15 is 0 Å². The van der Waals surface area contributed by atoms with E-state index in [0.29, 0.717) is 18.7 Å². The summed E-state index contributed by atoms with van der Waals surface area (Å²) in [5.41, 5.74) is 2.23. The lowest BCUT2D eigenvalue weighted by Gasteiger charge is -2.30. The third-order valence-electron chi connectivity index (χ3n) is 6.33. The second-order valence-corrected chi connectivity index (χ2v) is 9.17. The molecular weight excluding hydrogens is 410 g/mol. The van der Waals surface area contributed by atoms with Crippen LogP contribution in [0, 0.1) is 0 Å². The molecule has 33 heavy (non-hydrogen) atoms. The number of benzene rings is 2. The summed E-state index contributed by atoms with van der Waals surface area (Å²) < 4.78 is 5.78. The van der Waals surface area contributed by atoms with Crippen molar-refractivity contribution in [3.8, 4) is 0 Å². The van der Waals surface area contributed by atoms with Crippen molar-refractivity contribution in [3.63, 3.8) is 0 Å². The van der Waals surface area contributed by atoms with Gasteiger partial charge in [0.1, 0.15) is 5.82 Å². The van der Waals surface area contributed by atoms with Gasteiger partial charge in [0.25, 0.3) is 0 Å². The van der Waals surface area contributed by atoms with E-state index in [1.54, 1.807) is 0 Å². The van der Waals surface area contributed by atoms with Crippen LogP contribution in [0.1, 0.15) is 44.1 Å². The molecule has 0 amide bonds. The molecule has 0 atom stereocenters. The molecule has 0 spiro atoms. The SMILES string of the molecule is CN(C)c1nc(NC2CCC(NCCCCOCc3ccccc3)CC2)nc2ccccc12. The van der Waals surface area contributed by atoms with E-state index < -0.39 is 0 Å². The first-order valence-corrected chi connectivity index (χ1v) is 12.2. The Kier molecular flexibility index (Phi) is 8.50. The highest BCUT2D eigenvalue weighted by Crippen LogP contribution is 2.26. The number of unbranched alkanes of at least 4 members (excludes halogenated alkanes) is 1.